The first kappa shape index (κ1) is 18.4. The molecule has 3 rings (SSSR count). The van der Waals surface area contributed by atoms with Gasteiger partial charge in [-0.05, 0) is 24.6 Å². The lowest BCUT2D eigenvalue weighted by Gasteiger charge is -2.29. The number of hydrogen-bond acceptors (Lipinski definition) is 5. The summed E-state index contributed by atoms with van der Waals surface area (Å²) >= 11 is 1.38. The molecular formula is C19H23N3O3S. The highest BCUT2D eigenvalue weighted by molar-refractivity contribution is 7.14. The lowest BCUT2D eigenvalue weighted by Crippen LogP contribution is -2.39. The molecule has 0 spiro atoms. The topological polar surface area (TPSA) is 71.5 Å². The second kappa shape index (κ2) is 7.07. The first-order chi connectivity index (χ1) is 12.3. The van der Waals surface area contributed by atoms with Gasteiger partial charge in [0, 0.05) is 22.9 Å². The summed E-state index contributed by atoms with van der Waals surface area (Å²) in [6, 6.07) is 5.71. The van der Waals surface area contributed by atoms with Crippen molar-refractivity contribution < 1.29 is 14.3 Å². The average molecular weight is 373 g/mol. The third-order valence-electron chi connectivity index (χ3n) is 4.05. The normalized spacial score (nSPS) is 14.0. The summed E-state index contributed by atoms with van der Waals surface area (Å²) in [4.78, 5) is 30.5. The summed E-state index contributed by atoms with van der Waals surface area (Å²) in [5.41, 5.74) is 1.94. The molecule has 1 aliphatic heterocycles. The van der Waals surface area contributed by atoms with E-state index in [0.717, 1.165) is 23.4 Å². The molecule has 0 fully saturated rings. The molecule has 0 radical (unpaired) electrons. The van der Waals surface area contributed by atoms with Crippen LogP contribution in [0.4, 0.5) is 10.8 Å². The molecule has 7 heteroatoms. The first-order valence-corrected chi connectivity index (χ1v) is 9.52. The molecule has 1 aromatic carbocycles. The fraction of sp³-hybridized carbons (Fsp3) is 0.421. The number of nitrogens with zero attached hydrogens (tertiary/aromatic N) is 2. The molecular weight excluding hydrogens is 350 g/mol. The number of hydrogen-bond donors (Lipinski definition) is 1. The van der Waals surface area contributed by atoms with E-state index in [1.54, 1.807) is 4.90 Å². The Morgan fingerprint density at radius 3 is 2.85 bits per heavy atom. The van der Waals surface area contributed by atoms with Crippen LogP contribution in [0, 0.1) is 5.41 Å². The van der Waals surface area contributed by atoms with Crippen molar-refractivity contribution in [1.29, 1.82) is 0 Å². The SMILES string of the molecule is CCCN1C(=O)COc2ccc(-c3csc(NC(=O)C(C)(C)C)n3)cc21. The van der Waals surface area contributed by atoms with Gasteiger partial charge in [0.1, 0.15) is 5.75 Å². The quantitative estimate of drug-likeness (QED) is 0.881. The molecule has 1 N–H and O–H groups in total. The van der Waals surface area contributed by atoms with E-state index >= 15 is 0 Å². The summed E-state index contributed by atoms with van der Waals surface area (Å²) in [5.74, 6) is 0.600. The van der Waals surface area contributed by atoms with Crippen LogP contribution in [-0.2, 0) is 9.59 Å². The molecule has 0 bridgehead atoms. The third-order valence-corrected chi connectivity index (χ3v) is 4.81. The second-order valence-electron chi connectivity index (χ2n) is 7.26. The predicted octanol–water partition coefficient (Wildman–Crippen LogP) is 3.93. The van der Waals surface area contributed by atoms with Gasteiger partial charge >= 0.3 is 0 Å². The highest BCUT2D eigenvalue weighted by Crippen LogP contribution is 2.37. The molecule has 26 heavy (non-hydrogen) atoms. The van der Waals surface area contributed by atoms with Gasteiger partial charge in [-0.25, -0.2) is 4.98 Å². The van der Waals surface area contributed by atoms with Crippen molar-refractivity contribution in [1.82, 2.24) is 4.98 Å². The number of carbonyl (C=O) groups excluding carboxylic acids is 2. The smallest absolute Gasteiger partial charge is 0.265 e. The zero-order chi connectivity index (χ0) is 18.9. The fourth-order valence-electron chi connectivity index (χ4n) is 2.58. The Labute approximate surface area is 157 Å². The van der Waals surface area contributed by atoms with Crippen LogP contribution in [0.25, 0.3) is 11.3 Å². The second-order valence-corrected chi connectivity index (χ2v) is 8.12. The van der Waals surface area contributed by atoms with E-state index in [2.05, 4.69) is 10.3 Å². The summed E-state index contributed by atoms with van der Waals surface area (Å²) in [6.07, 6.45) is 0.870. The van der Waals surface area contributed by atoms with E-state index in [1.165, 1.54) is 11.3 Å². The van der Waals surface area contributed by atoms with E-state index < -0.39 is 5.41 Å². The Bertz CT molecular complexity index is 839. The molecule has 2 heterocycles. The maximum atomic E-state index is 12.2. The summed E-state index contributed by atoms with van der Waals surface area (Å²) in [5, 5.41) is 5.31. The minimum absolute atomic E-state index is 0.0343. The minimum atomic E-state index is -0.476. The van der Waals surface area contributed by atoms with Gasteiger partial charge in [-0.1, -0.05) is 27.7 Å². The summed E-state index contributed by atoms with van der Waals surface area (Å²) < 4.78 is 5.53. The average Bonchev–Trinajstić information content (AvgIpc) is 3.05. The van der Waals surface area contributed by atoms with Crippen LogP contribution in [0.5, 0.6) is 5.75 Å². The monoisotopic (exact) mass is 373 g/mol. The van der Waals surface area contributed by atoms with E-state index in [4.69, 9.17) is 4.74 Å². The predicted molar refractivity (Wildman–Crippen MR) is 104 cm³/mol. The van der Waals surface area contributed by atoms with Gasteiger partial charge in [-0.15, -0.1) is 11.3 Å². The van der Waals surface area contributed by atoms with Crippen LogP contribution in [0.1, 0.15) is 34.1 Å². The molecule has 0 aliphatic carbocycles. The van der Waals surface area contributed by atoms with Crippen molar-refractivity contribution in [3.05, 3.63) is 23.6 Å². The third kappa shape index (κ3) is 3.72. The van der Waals surface area contributed by atoms with Gasteiger partial charge in [-0.2, -0.15) is 0 Å². The van der Waals surface area contributed by atoms with Crippen molar-refractivity contribution in [2.45, 2.75) is 34.1 Å². The van der Waals surface area contributed by atoms with Crippen molar-refractivity contribution >= 4 is 34.0 Å². The number of ether oxygens (including phenoxy) is 1. The molecule has 1 aliphatic rings. The number of rotatable bonds is 4. The van der Waals surface area contributed by atoms with Crippen LogP contribution < -0.4 is 15.0 Å². The van der Waals surface area contributed by atoms with Gasteiger partial charge in [-0.3, -0.25) is 9.59 Å². The number of anilines is 2. The van der Waals surface area contributed by atoms with Crippen LogP contribution in [0.15, 0.2) is 23.6 Å². The molecule has 0 saturated carbocycles. The largest absolute Gasteiger partial charge is 0.482 e. The number of amides is 2. The van der Waals surface area contributed by atoms with Crippen molar-refractivity contribution in [3.63, 3.8) is 0 Å². The highest BCUT2D eigenvalue weighted by Gasteiger charge is 2.26. The Morgan fingerprint density at radius 1 is 1.38 bits per heavy atom. The number of aromatic nitrogens is 1. The first-order valence-electron chi connectivity index (χ1n) is 8.64. The molecule has 6 nitrogen and oxygen atoms in total. The Morgan fingerprint density at radius 2 is 2.15 bits per heavy atom. The zero-order valence-electron chi connectivity index (χ0n) is 15.5. The Kier molecular flexibility index (Phi) is 5.00. The minimum Gasteiger partial charge on any atom is -0.482 e. The Hall–Kier alpha value is -2.41. The molecule has 1 aromatic heterocycles. The number of nitrogens with one attached hydrogen (secondary N) is 1. The molecule has 2 aromatic rings. The van der Waals surface area contributed by atoms with Gasteiger partial charge in [0.15, 0.2) is 11.7 Å². The zero-order valence-corrected chi connectivity index (χ0v) is 16.3. The number of thiazole rings is 1. The maximum absolute atomic E-state index is 12.2. The lowest BCUT2D eigenvalue weighted by molar-refractivity contribution is -0.123. The van der Waals surface area contributed by atoms with Crippen LogP contribution >= 0.6 is 11.3 Å². The summed E-state index contributed by atoms with van der Waals surface area (Å²) in [7, 11) is 0. The highest BCUT2D eigenvalue weighted by atomic mass is 32.1. The number of carbonyl (C=O) groups is 2. The van der Waals surface area contributed by atoms with Gasteiger partial charge < -0.3 is 15.0 Å². The van der Waals surface area contributed by atoms with Gasteiger partial charge in [0.2, 0.25) is 5.91 Å². The Balaban J connectivity index is 1.87. The van der Waals surface area contributed by atoms with Crippen molar-refractivity contribution in [2.75, 3.05) is 23.4 Å². The lowest BCUT2D eigenvalue weighted by atomic mass is 9.96. The molecule has 2 amide bonds. The fourth-order valence-corrected chi connectivity index (χ4v) is 3.29. The van der Waals surface area contributed by atoms with Gasteiger partial charge in [0.05, 0.1) is 11.4 Å². The standard InChI is InChI=1S/C19H23N3O3S/c1-5-8-22-14-9-12(6-7-15(14)25-10-16(22)23)13-11-26-18(20-13)21-17(24)19(2,3)4/h6-7,9,11H,5,8,10H2,1-4H3,(H,20,21,24). The van der Waals surface area contributed by atoms with E-state index in [1.807, 2.05) is 51.3 Å². The number of fused-ring (bicyclic) bond motifs is 1. The number of benzene rings is 1. The van der Waals surface area contributed by atoms with Crippen LogP contribution in [-0.4, -0.2) is 29.9 Å². The molecule has 0 atom stereocenters. The summed E-state index contributed by atoms with van der Waals surface area (Å²) in [6.45, 7) is 8.35. The maximum Gasteiger partial charge on any atom is 0.265 e. The van der Waals surface area contributed by atoms with Crippen LogP contribution in [0.2, 0.25) is 0 Å². The van der Waals surface area contributed by atoms with Crippen molar-refractivity contribution in [2.24, 2.45) is 5.41 Å². The van der Waals surface area contributed by atoms with Crippen molar-refractivity contribution in [3.8, 4) is 17.0 Å². The molecule has 0 saturated heterocycles. The van der Waals surface area contributed by atoms with Crippen LogP contribution in [0.3, 0.4) is 0 Å². The van der Waals surface area contributed by atoms with Gasteiger partial charge in [0.25, 0.3) is 5.91 Å². The van der Waals surface area contributed by atoms with E-state index in [9.17, 15) is 9.59 Å². The molecule has 0 unspecified atom stereocenters. The van der Waals surface area contributed by atoms with E-state index in [-0.39, 0.29) is 18.4 Å². The van der Waals surface area contributed by atoms with E-state index in [0.29, 0.717) is 17.4 Å². The molecule has 138 valence electrons.